The van der Waals surface area contributed by atoms with E-state index >= 15 is 0 Å². The fourth-order valence-electron chi connectivity index (χ4n) is 2.41. The van der Waals surface area contributed by atoms with Gasteiger partial charge in [-0.05, 0) is 49.2 Å². The van der Waals surface area contributed by atoms with Crippen molar-refractivity contribution < 1.29 is 17.6 Å². The van der Waals surface area contributed by atoms with E-state index in [0.717, 1.165) is 12.8 Å². The molecular weight excluding hydrogens is 316 g/mol. The van der Waals surface area contributed by atoms with Gasteiger partial charge in [-0.25, -0.2) is 8.42 Å². The molecule has 0 spiro atoms. The maximum atomic E-state index is 12.4. The van der Waals surface area contributed by atoms with Crippen molar-refractivity contribution in [2.75, 3.05) is 13.1 Å². The van der Waals surface area contributed by atoms with Gasteiger partial charge in [-0.15, -0.1) is 0 Å². The van der Waals surface area contributed by atoms with E-state index in [1.165, 1.54) is 10.4 Å². The summed E-state index contributed by atoms with van der Waals surface area (Å²) in [6.45, 7) is 1.21. The number of ether oxygens (including phenoxy) is 1. The third-order valence-corrected chi connectivity index (χ3v) is 5.43. The predicted octanol–water partition coefficient (Wildman–Crippen LogP) is 2.51. The third-order valence-electron chi connectivity index (χ3n) is 3.66. The second-order valence-corrected chi connectivity index (χ2v) is 7.13. The van der Waals surface area contributed by atoms with Gasteiger partial charge in [0, 0.05) is 13.1 Å². The molecule has 0 bridgehead atoms. The maximum Gasteiger partial charge on any atom is 0.276 e. The largest absolute Gasteiger partial charge is 0.486 e. The molecule has 1 aliphatic heterocycles. The van der Waals surface area contributed by atoms with Gasteiger partial charge >= 0.3 is 0 Å². The molecule has 2 heterocycles. The number of hydrogen-bond acceptors (Lipinski definition) is 5. The van der Waals surface area contributed by atoms with E-state index in [2.05, 4.69) is 0 Å². The maximum absolute atomic E-state index is 12.4. The lowest BCUT2D eigenvalue weighted by atomic mass is 10.2. The van der Waals surface area contributed by atoms with Crippen LogP contribution in [0.15, 0.2) is 45.9 Å². The quantitative estimate of drug-likeness (QED) is 0.840. The van der Waals surface area contributed by atoms with Crippen molar-refractivity contribution in [1.82, 2.24) is 4.31 Å². The van der Waals surface area contributed by atoms with Crippen LogP contribution in [0.5, 0.6) is 5.75 Å². The first-order valence-electron chi connectivity index (χ1n) is 7.31. The minimum absolute atomic E-state index is 0.0437. The number of nitriles is 1. The van der Waals surface area contributed by atoms with Crippen LogP contribution in [-0.2, 0) is 16.6 Å². The summed E-state index contributed by atoms with van der Waals surface area (Å²) >= 11 is 0. The summed E-state index contributed by atoms with van der Waals surface area (Å²) in [6, 6.07) is 11.8. The average molecular weight is 332 g/mol. The Hall–Kier alpha value is -2.30. The number of sulfonamides is 1. The molecular formula is C16H16N2O4S. The summed E-state index contributed by atoms with van der Waals surface area (Å²) in [4.78, 5) is 0. The summed E-state index contributed by atoms with van der Waals surface area (Å²) in [7, 11) is -3.53. The average Bonchev–Trinajstić information content (AvgIpc) is 3.25. The fraction of sp³-hybridized carbons (Fsp3) is 0.312. The molecule has 0 atom stereocenters. The van der Waals surface area contributed by atoms with Crippen LogP contribution in [0.25, 0.3) is 0 Å². The number of furan rings is 1. The topological polar surface area (TPSA) is 83.5 Å². The minimum Gasteiger partial charge on any atom is -0.486 e. The van der Waals surface area contributed by atoms with Crippen molar-refractivity contribution in [1.29, 1.82) is 5.26 Å². The zero-order chi connectivity index (χ0) is 16.3. The summed E-state index contributed by atoms with van der Waals surface area (Å²) in [5.41, 5.74) is 0.550. The molecule has 0 aliphatic carbocycles. The van der Waals surface area contributed by atoms with E-state index < -0.39 is 10.0 Å². The Bertz CT molecular complexity index is 813. The van der Waals surface area contributed by atoms with Gasteiger partial charge in [-0.1, -0.05) is 0 Å². The monoisotopic (exact) mass is 332 g/mol. The Kier molecular flexibility index (Phi) is 4.37. The molecule has 0 radical (unpaired) electrons. The van der Waals surface area contributed by atoms with Crippen LogP contribution in [0.2, 0.25) is 0 Å². The second-order valence-electron chi connectivity index (χ2n) is 5.26. The van der Waals surface area contributed by atoms with Gasteiger partial charge in [0.15, 0.2) is 0 Å². The van der Waals surface area contributed by atoms with E-state index in [9.17, 15) is 8.42 Å². The molecule has 1 aromatic carbocycles. The SMILES string of the molecule is N#Cc1ccc(OCc2ccc(S(=O)(=O)N3CCCC3)o2)cc1. The lowest BCUT2D eigenvalue weighted by molar-refractivity contribution is 0.256. The highest BCUT2D eigenvalue weighted by molar-refractivity contribution is 7.89. The predicted molar refractivity (Wildman–Crippen MR) is 82.2 cm³/mol. The molecule has 0 N–H and O–H groups in total. The van der Waals surface area contributed by atoms with E-state index in [4.69, 9.17) is 14.4 Å². The normalized spacial score (nSPS) is 15.4. The van der Waals surface area contributed by atoms with Crippen molar-refractivity contribution in [2.45, 2.75) is 24.5 Å². The Morgan fingerprint density at radius 2 is 1.83 bits per heavy atom. The molecule has 1 saturated heterocycles. The third kappa shape index (κ3) is 3.38. The molecule has 120 valence electrons. The zero-order valence-electron chi connectivity index (χ0n) is 12.4. The molecule has 1 fully saturated rings. The van der Waals surface area contributed by atoms with Gasteiger partial charge in [-0.2, -0.15) is 9.57 Å². The lowest BCUT2D eigenvalue weighted by Crippen LogP contribution is -2.27. The Labute approximate surface area is 134 Å². The first-order chi connectivity index (χ1) is 11.1. The van der Waals surface area contributed by atoms with Gasteiger partial charge in [0.25, 0.3) is 10.0 Å². The molecule has 1 aliphatic rings. The van der Waals surface area contributed by atoms with Gasteiger partial charge in [0.1, 0.15) is 18.1 Å². The van der Waals surface area contributed by atoms with Crippen LogP contribution in [0, 0.1) is 11.3 Å². The van der Waals surface area contributed by atoms with Gasteiger partial charge in [-0.3, -0.25) is 0 Å². The second kappa shape index (κ2) is 6.44. The molecule has 3 rings (SSSR count). The number of benzene rings is 1. The van der Waals surface area contributed by atoms with E-state index in [-0.39, 0.29) is 11.7 Å². The highest BCUT2D eigenvalue weighted by atomic mass is 32.2. The van der Waals surface area contributed by atoms with E-state index in [1.54, 1.807) is 30.3 Å². The highest BCUT2D eigenvalue weighted by Crippen LogP contribution is 2.23. The molecule has 0 saturated carbocycles. The van der Waals surface area contributed by atoms with Crippen molar-refractivity contribution in [2.24, 2.45) is 0 Å². The summed E-state index contributed by atoms with van der Waals surface area (Å²) < 4.78 is 37.1. The van der Waals surface area contributed by atoms with E-state index in [0.29, 0.717) is 30.2 Å². The molecule has 1 aromatic heterocycles. The van der Waals surface area contributed by atoms with Crippen LogP contribution in [-0.4, -0.2) is 25.8 Å². The molecule has 0 unspecified atom stereocenters. The molecule has 7 heteroatoms. The lowest BCUT2D eigenvalue weighted by Gasteiger charge is -2.12. The highest BCUT2D eigenvalue weighted by Gasteiger charge is 2.29. The first kappa shape index (κ1) is 15.6. The van der Waals surface area contributed by atoms with Crippen molar-refractivity contribution in [3.63, 3.8) is 0 Å². The standard InChI is InChI=1S/C16H16N2O4S/c17-11-13-3-5-14(6-4-13)21-12-15-7-8-16(22-15)23(19,20)18-9-1-2-10-18/h3-8H,1-2,9-10,12H2. The summed E-state index contributed by atoms with van der Waals surface area (Å²) in [5.74, 6) is 1.02. The van der Waals surface area contributed by atoms with Gasteiger partial charge < -0.3 is 9.15 Å². The fourth-order valence-corrected chi connectivity index (χ4v) is 3.86. The Morgan fingerprint density at radius 1 is 1.13 bits per heavy atom. The molecule has 0 amide bonds. The Morgan fingerprint density at radius 3 is 2.48 bits per heavy atom. The Balaban J connectivity index is 1.66. The van der Waals surface area contributed by atoms with Crippen molar-refractivity contribution >= 4 is 10.0 Å². The van der Waals surface area contributed by atoms with Crippen molar-refractivity contribution in [3.8, 4) is 11.8 Å². The first-order valence-corrected chi connectivity index (χ1v) is 8.75. The van der Waals surface area contributed by atoms with E-state index in [1.807, 2.05) is 6.07 Å². The van der Waals surface area contributed by atoms with Crippen LogP contribution in [0.3, 0.4) is 0 Å². The number of hydrogen-bond donors (Lipinski definition) is 0. The number of rotatable bonds is 5. The molecule has 6 nitrogen and oxygen atoms in total. The minimum atomic E-state index is -3.53. The van der Waals surface area contributed by atoms with Crippen LogP contribution in [0.4, 0.5) is 0 Å². The van der Waals surface area contributed by atoms with Gasteiger partial charge in [0.2, 0.25) is 5.09 Å². The molecule has 2 aromatic rings. The zero-order valence-corrected chi connectivity index (χ0v) is 13.3. The van der Waals surface area contributed by atoms with Crippen LogP contribution in [0.1, 0.15) is 24.2 Å². The van der Waals surface area contributed by atoms with Crippen molar-refractivity contribution in [3.05, 3.63) is 47.7 Å². The number of nitrogens with zero attached hydrogens (tertiary/aromatic N) is 2. The van der Waals surface area contributed by atoms with Gasteiger partial charge in [0.05, 0.1) is 11.6 Å². The van der Waals surface area contributed by atoms with Crippen LogP contribution >= 0.6 is 0 Å². The molecule has 23 heavy (non-hydrogen) atoms. The smallest absolute Gasteiger partial charge is 0.276 e. The van der Waals surface area contributed by atoms with Crippen LogP contribution < -0.4 is 4.74 Å². The summed E-state index contributed by atoms with van der Waals surface area (Å²) in [5, 5.41) is 8.69. The summed E-state index contributed by atoms with van der Waals surface area (Å²) in [6.07, 6.45) is 1.77.